The van der Waals surface area contributed by atoms with Gasteiger partial charge in [0.2, 0.25) is 0 Å². The van der Waals surface area contributed by atoms with E-state index in [1.807, 2.05) is 33.0 Å². The van der Waals surface area contributed by atoms with Gasteiger partial charge in [0, 0.05) is 36.3 Å². The third-order valence-corrected chi connectivity index (χ3v) is 3.98. The Morgan fingerprint density at radius 3 is 2.67 bits per heavy atom. The van der Waals surface area contributed by atoms with E-state index in [-0.39, 0.29) is 10.6 Å². The Hall–Kier alpha value is -2.08. The van der Waals surface area contributed by atoms with Gasteiger partial charge in [0.15, 0.2) is 0 Å². The number of nitro benzene ring substituents is 1. The van der Waals surface area contributed by atoms with Gasteiger partial charge in [-0.2, -0.15) is 0 Å². The largest absolute Gasteiger partial charge is 0.388 e. The number of aryl methyl sites for hydroxylation is 2. The lowest BCUT2D eigenvalue weighted by atomic mass is 10.2. The number of nitrogens with zero attached hydrogens (tertiary/aromatic N) is 2. The second kappa shape index (κ2) is 6.58. The summed E-state index contributed by atoms with van der Waals surface area (Å²) in [6.45, 7) is 3.99. The molecule has 2 aromatic rings. The summed E-state index contributed by atoms with van der Waals surface area (Å²) in [5.74, 6) is 0.633. The minimum atomic E-state index is -0.372. The minimum absolute atomic E-state index is 0.109. The minimum Gasteiger partial charge on any atom is -0.388 e. The smallest absolute Gasteiger partial charge is 0.269 e. The first-order chi connectivity index (χ1) is 9.99. The number of anilines is 1. The van der Waals surface area contributed by atoms with Crippen molar-refractivity contribution in [2.45, 2.75) is 24.6 Å². The van der Waals surface area contributed by atoms with Gasteiger partial charge in [-0.1, -0.05) is 0 Å². The maximum atomic E-state index is 10.9. The fourth-order valence-electron chi connectivity index (χ4n) is 2.09. The summed E-state index contributed by atoms with van der Waals surface area (Å²) >= 11 is 1.58. The molecule has 0 spiro atoms. The summed E-state index contributed by atoms with van der Waals surface area (Å²) in [6.07, 6.45) is 0. The van der Waals surface area contributed by atoms with Gasteiger partial charge in [-0.25, -0.2) is 4.98 Å². The Morgan fingerprint density at radius 2 is 2.05 bits per heavy atom. The van der Waals surface area contributed by atoms with Crippen molar-refractivity contribution >= 4 is 23.1 Å². The molecular formula is C15H17N3O2S. The normalized spacial score (nSPS) is 10.4. The van der Waals surface area contributed by atoms with E-state index in [1.54, 1.807) is 23.9 Å². The van der Waals surface area contributed by atoms with Gasteiger partial charge in [0.25, 0.3) is 5.69 Å². The molecule has 110 valence electrons. The van der Waals surface area contributed by atoms with Crippen LogP contribution >= 0.6 is 11.8 Å². The molecule has 0 fully saturated rings. The molecule has 1 heterocycles. The Balaban J connectivity index is 2.21. The predicted octanol–water partition coefficient (Wildman–Crippen LogP) is 3.94. The van der Waals surface area contributed by atoms with Gasteiger partial charge in [0.1, 0.15) is 0 Å². The summed E-state index contributed by atoms with van der Waals surface area (Å²) in [5, 5.41) is 14.9. The Kier molecular flexibility index (Phi) is 4.80. The van der Waals surface area contributed by atoms with Crippen molar-refractivity contribution < 1.29 is 4.92 Å². The molecule has 6 heteroatoms. The standard InChI is InChI=1S/C15H17N3O2S/c1-10-6-11(2)17-15(7-10)21-9-12-8-13(18(19)20)4-5-14(12)16-3/h4-8,16H,9H2,1-3H3. The molecule has 1 aromatic carbocycles. The van der Waals surface area contributed by atoms with Crippen molar-refractivity contribution in [3.63, 3.8) is 0 Å². The van der Waals surface area contributed by atoms with Crippen molar-refractivity contribution in [1.29, 1.82) is 0 Å². The van der Waals surface area contributed by atoms with Crippen LogP contribution in [0.2, 0.25) is 0 Å². The van der Waals surface area contributed by atoms with Crippen molar-refractivity contribution in [3.05, 3.63) is 57.3 Å². The summed E-state index contributed by atoms with van der Waals surface area (Å²) in [5.41, 5.74) is 4.05. The number of hydrogen-bond donors (Lipinski definition) is 1. The molecule has 0 aliphatic heterocycles. The van der Waals surface area contributed by atoms with Crippen LogP contribution in [0.1, 0.15) is 16.8 Å². The second-order valence-corrected chi connectivity index (χ2v) is 5.76. The SMILES string of the molecule is CNc1ccc([N+](=O)[O-])cc1CSc1cc(C)cc(C)n1. The first kappa shape index (κ1) is 15.3. The van der Waals surface area contributed by atoms with E-state index in [1.165, 1.54) is 6.07 Å². The van der Waals surface area contributed by atoms with Crippen LogP contribution in [0.4, 0.5) is 11.4 Å². The van der Waals surface area contributed by atoms with Crippen molar-refractivity contribution in [2.24, 2.45) is 0 Å². The molecule has 0 bridgehead atoms. The van der Waals surface area contributed by atoms with Crippen molar-refractivity contribution in [1.82, 2.24) is 4.98 Å². The lowest BCUT2D eigenvalue weighted by Crippen LogP contribution is -1.97. The van der Waals surface area contributed by atoms with E-state index >= 15 is 0 Å². The topological polar surface area (TPSA) is 68.1 Å². The van der Waals surface area contributed by atoms with Crippen LogP contribution in [0.5, 0.6) is 0 Å². The Labute approximate surface area is 127 Å². The summed E-state index contributed by atoms with van der Waals surface area (Å²) in [4.78, 5) is 15.0. The average molecular weight is 303 g/mol. The van der Waals surface area contributed by atoms with Crippen LogP contribution in [0.3, 0.4) is 0 Å². The quantitative estimate of drug-likeness (QED) is 0.515. The summed E-state index contributed by atoms with van der Waals surface area (Å²) in [7, 11) is 1.81. The van der Waals surface area contributed by atoms with E-state index in [2.05, 4.69) is 10.3 Å². The number of non-ortho nitro benzene ring substituents is 1. The molecule has 21 heavy (non-hydrogen) atoms. The van der Waals surface area contributed by atoms with Gasteiger partial charge in [-0.05, 0) is 43.2 Å². The highest BCUT2D eigenvalue weighted by Crippen LogP contribution is 2.29. The van der Waals surface area contributed by atoms with Gasteiger partial charge < -0.3 is 5.32 Å². The molecule has 0 radical (unpaired) electrons. The zero-order valence-electron chi connectivity index (χ0n) is 12.2. The first-order valence-electron chi connectivity index (χ1n) is 6.53. The molecule has 0 saturated heterocycles. The van der Waals surface area contributed by atoms with Crippen LogP contribution < -0.4 is 5.32 Å². The van der Waals surface area contributed by atoms with E-state index in [0.717, 1.165) is 27.5 Å². The number of nitrogens with one attached hydrogen (secondary N) is 1. The van der Waals surface area contributed by atoms with Crippen molar-refractivity contribution in [3.8, 4) is 0 Å². The van der Waals surface area contributed by atoms with Crippen molar-refractivity contribution in [2.75, 3.05) is 12.4 Å². The molecule has 0 aliphatic carbocycles. The van der Waals surface area contributed by atoms with Gasteiger partial charge in [-0.15, -0.1) is 11.8 Å². The highest BCUT2D eigenvalue weighted by atomic mass is 32.2. The summed E-state index contributed by atoms with van der Waals surface area (Å²) in [6, 6.07) is 8.91. The third kappa shape index (κ3) is 3.95. The zero-order chi connectivity index (χ0) is 15.4. The van der Waals surface area contributed by atoms with Crippen LogP contribution in [-0.2, 0) is 5.75 Å². The highest BCUT2D eigenvalue weighted by molar-refractivity contribution is 7.98. The number of pyridine rings is 1. The van der Waals surface area contributed by atoms with E-state index in [9.17, 15) is 10.1 Å². The highest BCUT2D eigenvalue weighted by Gasteiger charge is 2.11. The van der Waals surface area contributed by atoms with Crippen LogP contribution in [0.25, 0.3) is 0 Å². The fourth-order valence-corrected chi connectivity index (χ4v) is 3.11. The van der Waals surface area contributed by atoms with Crippen LogP contribution in [0.15, 0.2) is 35.4 Å². The average Bonchev–Trinajstić information content (AvgIpc) is 2.43. The van der Waals surface area contributed by atoms with Crippen LogP contribution in [0, 0.1) is 24.0 Å². The number of hydrogen-bond acceptors (Lipinski definition) is 5. The van der Waals surface area contributed by atoms with E-state index in [4.69, 9.17) is 0 Å². The lowest BCUT2D eigenvalue weighted by Gasteiger charge is -2.09. The molecular weight excluding hydrogens is 286 g/mol. The first-order valence-corrected chi connectivity index (χ1v) is 7.51. The van der Waals surface area contributed by atoms with Gasteiger partial charge in [0.05, 0.1) is 9.95 Å². The second-order valence-electron chi connectivity index (χ2n) is 4.76. The molecule has 5 nitrogen and oxygen atoms in total. The molecule has 0 saturated carbocycles. The number of benzene rings is 1. The number of aromatic nitrogens is 1. The predicted molar refractivity (Wildman–Crippen MR) is 85.9 cm³/mol. The Morgan fingerprint density at radius 1 is 1.29 bits per heavy atom. The zero-order valence-corrected chi connectivity index (χ0v) is 13.0. The monoisotopic (exact) mass is 303 g/mol. The maximum Gasteiger partial charge on any atom is 0.269 e. The molecule has 1 aromatic heterocycles. The van der Waals surface area contributed by atoms with Gasteiger partial charge >= 0.3 is 0 Å². The fraction of sp³-hybridized carbons (Fsp3) is 0.267. The summed E-state index contributed by atoms with van der Waals surface area (Å²) < 4.78 is 0. The molecule has 1 N–H and O–H groups in total. The third-order valence-electron chi connectivity index (χ3n) is 3.02. The molecule has 0 unspecified atom stereocenters. The molecule has 0 aliphatic rings. The number of nitro groups is 1. The lowest BCUT2D eigenvalue weighted by molar-refractivity contribution is -0.384. The number of thioether (sulfide) groups is 1. The van der Waals surface area contributed by atoms with E-state index < -0.39 is 0 Å². The Bertz CT molecular complexity index is 654. The van der Waals surface area contributed by atoms with Crippen LogP contribution in [-0.4, -0.2) is 17.0 Å². The molecule has 2 rings (SSSR count). The maximum absolute atomic E-state index is 10.9. The molecule has 0 amide bonds. The van der Waals surface area contributed by atoms with E-state index in [0.29, 0.717) is 5.75 Å². The number of rotatable bonds is 5. The molecule has 0 atom stereocenters. The van der Waals surface area contributed by atoms with Gasteiger partial charge in [-0.3, -0.25) is 10.1 Å².